The van der Waals surface area contributed by atoms with Crippen LogP contribution in [0.1, 0.15) is 5.56 Å². The molecule has 0 aliphatic heterocycles. The molecule has 0 heterocycles. The smallest absolute Gasteiger partial charge is 0.238 e. The van der Waals surface area contributed by atoms with E-state index >= 15 is 0 Å². The minimum absolute atomic E-state index is 0.0567. The summed E-state index contributed by atoms with van der Waals surface area (Å²) in [5.74, 6) is -0.596. The molecule has 4 N–H and O–H groups in total. The van der Waals surface area contributed by atoms with Crippen LogP contribution in [0.2, 0.25) is 0 Å². The van der Waals surface area contributed by atoms with Gasteiger partial charge in [0.1, 0.15) is 0 Å². The molecule has 6 heteroatoms. The Kier molecular flexibility index (Phi) is 2.87. The van der Waals surface area contributed by atoms with E-state index in [9.17, 15) is 13.2 Å². The highest BCUT2D eigenvalue weighted by molar-refractivity contribution is 7.89. The number of carbonyl (C=O) groups excluding carboxylic acids is 1. The minimum atomic E-state index is -3.79. The molecule has 0 bridgehead atoms. The van der Waals surface area contributed by atoms with Crippen LogP contribution in [0.3, 0.4) is 0 Å². The van der Waals surface area contributed by atoms with E-state index in [-0.39, 0.29) is 11.3 Å². The van der Waals surface area contributed by atoms with Crippen molar-refractivity contribution in [2.24, 2.45) is 10.9 Å². The number of rotatable bonds is 3. The van der Waals surface area contributed by atoms with Crippen molar-refractivity contribution in [2.75, 3.05) is 0 Å². The van der Waals surface area contributed by atoms with Crippen LogP contribution < -0.4 is 10.9 Å². The fourth-order valence-corrected chi connectivity index (χ4v) is 1.89. The summed E-state index contributed by atoms with van der Waals surface area (Å²) in [4.78, 5) is 10.6. The van der Waals surface area contributed by atoms with Gasteiger partial charge in [0.25, 0.3) is 0 Å². The molecule has 5 nitrogen and oxygen atoms in total. The van der Waals surface area contributed by atoms with Gasteiger partial charge in [0.05, 0.1) is 11.3 Å². The molecule has 1 aromatic rings. The molecule has 0 aliphatic carbocycles. The molecule has 1 rings (SSSR count). The highest BCUT2D eigenvalue weighted by Crippen LogP contribution is 2.13. The molecule has 76 valence electrons. The first-order valence-electron chi connectivity index (χ1n) is 3.80. The number of carbonyl (C=O) groups is 1. The second-order valence-corrected chi connectivity index (χ2v) is 4.33. The summed E-state index contributed by atoms with van der Waals surface area (Å²) in [5, 5.41) is 4.95. The van der Waals surface area contributed by atoms with Gasteiger partial charge in [-0.2, -0.15) is 0 Å². The summed E-state index contributed by atoms with van der Waals surface area (Å²) in [5.41, 5.74) is 5.28. The highest BCUT2D eigenvalue weighted by atomic mass is 32.2. The second kappa shape index (κ2) is 3.77. The van der Waals surface area contributed by atoms with E-state index < -0.39 is 15.9 Å². The summed E-state index contributed by atoms with van der Waals surface area (Å²) in [6, 6.07) is 6.00. The average Bonchev–Trinajstić information content (AvgIpc) is 2.01. The predicted molar refractivity (Wildman–Crippen MR) is 50.7 cm³/mol. The van der Waals surface area contributed by atoms with Crippen LogP contribution in [0, 0.1) is 0 Å². The molecule has 14 heavy (non-hydrogen) atoms. The normalized spacial score (nSPS) is 11.2. The monoisotopic (exact) mass is 214 g/mol. The van der Waals surface area contributed by atoms with Crippen molar-refractivity contribution in [3.05, 3.63) is 29.8 Å². The Labute approximate surface area is 81.8 Å². The molecule has 0 unspecified atom stereocenters. The fraction of sp³-hybridized carbons (Fsp3) is 0.125. The van der Waals surface area contributed by atoms with Gasteiger partial charge in [0.15, 0.2) is 0 Å². The lowest BCUT2D eigenvalue weighted by Gasteiger charge is -2.04. The number of primary amides is 1. The summed E-state index contributed by atoms with van der Waals surface area (Å²) in [6.45, 7) is 0. The van der Waals surface area contributed by atoms with Crippen LogP contribution in [0.25, 0.3) is 0 Å². The quantitative estimate of drug-likeness (QED) is 0.699. The lowest BCUT2D eigenvalue weighted by Crippen LogP contribution is -2.19. The Bertz CT molecular complexity index is 453. The third-order valence-corrected chi connectivity index (χ3v) is 2.66. The minimum Gasteiger partial charge on any atom is -0.369 e. The first-order valence-corrected chi connectivity index (χ1v) is 5.35. The molecule has 0 saturated heterocycles. The van der Waals surface area contributed by atoms with E-state index in [1.807, 2.05) is 0 Å². The van der Waals surface area contributed by atoms with Gasteiger partial charge in [-0.1, -0.05) is 18.2 Å². The Morgan fingerprint density at radius 2 is 1.86 bits per heavy atom. The van der Waals surface area contributed by atoms with E-state index in [1.165, 1.54) is 18.2 Å². The Hall–Kier alpha value is -1.40. The zero-order chi connectivity index (χ0) is 10.8. The zero-order valence-corrected chi connectivity index (χ0v) is 8.12. The molecule has 1 aromatic carbocycles. The maximum Gasteiger partial charge on any atom is 0.238 e. The molecular formula is C8H10N2O3S. The zero-order valence-electron chi connectivity index (χ0n) is 7.30. The topological polar surface area (TPSA) is 103 Å². The number of nitrogens with two attached hydrogens (primary N) is 2. The van der Waals surface area contributed by atoms with Gasteiger partial charge >= 0.3 is 0 Å². The third kappa shape index (κ3) is 2.54. The van der Waals surface area contributed by atoms with Gasteiger partial charge in [-0.25, -0.2) is 13.6 Å². The van der Waals surface area contributed by atoms with Crippen LogP contribution >= 0.6 is 0 Å². The van der Waals surface area contributed by atoms with Crippen molar-refractivity contribution in [3.63, 3.8) is 0 Å². The van der Waals surface area contributed by atoms with Gasteiger partial charge in [0.2, 0.25) is 15.9 Å². The van der Waals surface area contributed by atoms with Crippen molar-refractivity contribution >= 4 is 15.9 Å². The molecule has 0 radical (unpaired) electrons. The number of hydrogen-bond donors (Lipinski definition) is 2. The summed E-state index contributed by atoms with van der Waals surface area (Å²) in [6.07, 6.45) is -0.132. The van der Waals surface area contributed by atoms with Crippen molar-refractivity contribution in [1.29, 1.82) is 0 Å². The molecule has 0 saturated carbocycles. The van der Waals surface area contributed by atoms with E-state index in [2.05, 4.69) is 0 Å². The summed E-state index contributed by atoms with van der Waals surface area (Å²) < 4.78 is 22.1. The third-order valence-electron chi connectivity index (χ3n) is 1.64. The number of amides is 1. The van der Waals surface area contributed by atoms with Crippen LogP contribution in [-0.2, 0) is 21.2 Å². The van der Waals surface area contributed by atoms with Crippen LogP contribution in [0.5, 0.6) is 0 Å². The number of sulfonamides is 1. The van der Waals surface area contributed by atoms with E-state index in [1.54, 1.807) is 6.07 Å². The van der Waals surface area contributed by atoms with Crippen molar-refractivity contribution in [2.45, 2.75) is 11.3 Å². The standard InChI is InChI=1S/C8H10N2O3S/c9-8(11)5-6-3-1-2-4-7(6)14(10,12)13/h1-4H,5H2,(H2,9,11)(H2,10,12,13). The van der Waals surface area contributed by atoms with Crippen molar-refractivity contribution < 1.29 is 13.2 Å². The van der Waals surface area contributed by atoms with E-state index in [4.69, 9.17) is 10.9 Å². The van der Waals surface area contributed by atoms with Gasteiger partial charge in [-0.3, -0.25) is 4.79 Å². The first kappa shape index (κ1) is 10.7. The van der Waals surface area contributed by atoms with E-state index in [0.717, 1.165) is 0 Å². The molecule has 0 fully saturated rings. The largest absolute Gasteiger partial charge is 0.369 e. The van der Waals surface area contributed by atoms with Gasteiger partial charge in [-0.05, 0) is 11.6 Å². The predicted octanol–water partition coefficient (Wildman–Crippen LogP) is -0.638. The van der Waals surface area contributed by atoms with Crippen LogP contribution in [-0.4, -0.2) is 14.3 Å². The average molecular weight is 214 g/mol. The molecular weight excluding hydrogens is 204 g/mol. The Morgan fingerprint density at radius 3 is 2.36 bits per heavy atom. The van der Waals surface area contributed by atoms with Gasteiger partial charge < -0.3 is 5.73 Å². The molecule has 0 spiro atoms. The molecule has 1 amide bonds. The first-order chi connectivity index (χ1) is 6.41. The maximum atomic E-state index is 11.1. The molecule has 0 atom stereocenters. The Morgan fingerprint density at radius 1 is 1.29 bits per heavy atom. The molecule has 0 aromatic heterocycles. The Balaban J connectivity index is 3.23. The summed E-state index contributed by atoms with van der Waals surface area (Å²) >= 11 is 0. The van der Waals surface area contributed by atoms with Crippen molar-refractivity contribution in [3.8, 4) is 0 Å². The van der Waals surface area contributed by atoms with Crippen molar-refractivity contribution in [1.82, 2.24) is 0 Å². The fourth-order valence-electron chi connectivity index (χ4n) is 1.12. The number of primary sulfonamides is 1. The SMILES string of the molecule is NC(=O)Cc1ccccc1S(N)(=O)=O. The highest BCUT2D eigenvalue weighted by Gasteiger charge is 2.13. The second-order valence-electron chi connectivity index (χ2n) is 2.80. The number of hydrogen-bond acceptors (Lipinski definition) is 3. The van der Waals surface area contributed by atoms with Crippen LogP contribution in [0.4, 0.5) is 0 Å². The lowest BCUT2D eigenvalue weighted by molar-refractivity contribution is -0.117. The van der Waals surface area contributed by atoms with Crippen LogP contribution in [0.15, 0.2) is 29.2 Å². The molecule has 0 aliphatic rings. The van der Waals surface area contributed by atoms with Gasteiger partial charge in [-0.15, -0.1) is 0 Å². The maximum absolute atomic E-state index is 11.1. The lowest BCUT2D eigenvalue weighted by atomic mass is 10.1. The summed E-state index contributed by atoms with van der Waals surface area (Å²) in [7, 11) is -3.79. The van der Waals surface area contributed by atoms with E-state index in [0.29, 0.717) is 5.56 Å². The van der Waals surface area contributed by atoms with Gasteiger partial charge in [0, 0.05) is 0 Å². The number of benzene rings is 1.